The highest BCUT2D eigenvalue weighted by molar-refractivity contribution is 6.04. The van der Waals surface area contributed by atoms with Crippen molar-refractivity contribution < 1.29 is 70.4 Å². The first kappa shape index (κ1) is 31.2. The van der Waals surface area contributed by atoms with Gasteiger partial charge in [0.25, 0.3) is 0 Å². The third-order valence-corrected chi connectivity index (χ3v) is 7.67. The molecule has 4 rings (SSSR count). The second kappa shape index (κ2) is 12.6. The molecule has 0 bridgehead atoms. The highest BCUT2D eigenvalue weighted by Gasteiger charge is 2.53. The predicted molar refractivity (Wildman–Crippen MR) is 136 cm³/mol. The molecule has 1 aliphatic carbocycles. The fourth-order valence-corrected chi connectivity index (χ4v) is 5.31. The fraction of sp³-hybridized carbons (Fsp3) is 0.519. The maximum absolute atomic E-state index is 12.7. The molecule has 2 fully saturated rings. The van der Waals surface area contributed by atoms with Gasteiger partial charge in [-0.15, -0.1) is 0 Å². The highest BCUT2D eigenvalue weighted by atomic mass is 16.6. The Labute approximate surface area is 233 Å². The zero-order valence-corrected chi connectivity index (χ0v) is 21.5. The van der Waals surface area contributed by atoms with E-state index in [0.717, 1.165) is 12.2 Å². The number of aliphatic hydroxyl groups excluding tert-OH is 11. The van der Waals surface area contributed by atoms with Gasteiger partial charge in [0.15, 0.2) is 5.78 Å². The van der Waals surface area contributed by atoms with Crippen LogP contribution in [0.5, 0.6) is 0 Å². The number of ether oxygens (including phenoxy) is 2. The van der Waals surface area contributed by atoms with Gasteiger partial charge in [0, 0.05) is 11.1 Å². The van der Waals surface area contributed by atoms with E-state index in [9.17, 15) is 61.0 Å². The lowest BCUT2D eigenvalue weighted by atomic mass is 9.76. The van der Waals surface area contributed by atoms with Crippen molar-refractivity contribution in [3.63, 3.8) is 0 Å². The van der Waals surface area contributed by atoms with E-state index in [2.05, 4.69) is 0 Å². The van der Waals surface area contributed by atoms with Crippen molar-refractivity contribution in [2.75, 3.05) is 13.2 Å². The Bertz CT molecular complexity index is 1180. The normalized spacial score (nSPS) is 40.3. The van der Waals surface area contributed by atoms with Crippen LogP contribution in [0.25, 0.3) is 0 Å². The maximum atomic E-state index is 12.7. The van der Waals surface area contributed by atoms with Gasteiger partial charge in [-0.3, -0.25) is 4.79 Å². The molecule has 3 aliphatic rings. The molecule has 0 radical (unpaired) electrons. The minimum absolute atomic E-state index is 0.263. The van der Waals surface area contributed by atoms with Gasteiger partial charge in [-0.1, -0.05) is 36.4 Å². The van der Waals surface area contributed by atoms with Crippen molar-refractivity contribution in [2.45, 2.75) is 67.1 Å². The molecule has 0 saturated carbocycles. The summed E-state index contributed by atoms with van der Waals surface area (Å²) in [7, 11) is 0. The van der Waals surface area contributed by atoms with Gasteiger partial charge in [-0.05, 0) is 6.08 Å². The number of aliphatic hydroxyl groups is 11. The molecule has 226 valence electrons. The monoisotopic (exact) mass is 582 g/mol. The topological polar surface area (TPSA) is 258 Å². The SMILES string of the molecule is O=C(/C=C/C1C(O)=C(C2O[C@H](CO)[C@@H](O)[C@H](O)[C@H]2O)C(O)=C(C2O[C@H](CO)[C@@H](O)[C@H](O)[C@H]2O)C1O)c1ccccc1. The summed E-state index contributed by atoms with van der Waals surface area (Å²) in [6.07, 6.45) is -17.7. The summed E-state index contributed by atoms with van der Waals surface area (Å²) in [5.41, 5.74) is -0.950. The summed E-state index contributed by atoms with van der Waals surface area (Å²) in [6.45, 7) is -1.67. The third kappa shape index (κ3) is 5.69. The molecule has 14 nitrogen and oxygen atoms in total. The molecule has 4 unspecified atom stereocenters. The van der Waals surface area contributed by atoms with Crippen LogP contribution in [0.15, 0.2) is 65.1 Å². The summed E-state index contributed by atoms with van der Waals surface area (Å²) in [5.74, 6) is -3.93. The number of benzene rings is 1. The maximum Gasteiger partial charge on any atom is 0.185 e. The van der Waals surface area contributed by atoms with E-state index in [1.54, 1.807) is 18.2 Å². The van der Waals surface area contributed by atoms with E-state index in [1.165, 1.54) is 12.1 Å². The molecule has 0 spiro atoms. The molecule has 41 heavy (non-hydrogen) atoms. The average Bonchev–Trinajstić information content (AvgIpc) is 2.97. The van der Waals surface area contributed by atoms with Crippen LogP contribution in [0, 0.1) is 5.92 Å². The lowest BCUT2D eigenvalue weighted by Gasteiger charge is -2.45. The lowest BCUT2D eigenvalue weighted by Crippen LogP contribution is -2.61. The van der Waals surface area contributed by atoms with Crippen LogP contribution in [0.2, 0.25) is 0 Å². The minimum Gasteiger partial charge on any atom is -0.511 e. The second-order valence-corrected chi connectivity index (χ2v) is 10.2. The molecular formula is C27H34O14. The molecule has 2 heterocycles. The number of rotatable bonds is 7. The van der Waals surface area contributed by atoms with Crippen molar-refractivity contribution in [3.05, 3.63) is 70.7 Å². The molecule has 2 aliphatic heterocycles. The molecule has 12 atom stereocenters. The number of ketones is 1. The molecular weight excluding hydrogens is 548 g/mol. The van der Waals surface area contributed by atoms with Crippen molar-refractivity contribution in [1.82, 2.24) is 0 Å². The summed E-state index contributed by atoms with van der Waals surface area (Å²) in [5, 5.41) is 116. The van der Waals surface area contributed by atoms with Crippen molar-refractivity contribution in [2.24, 2.45) is 5.92 Å². The molecule has 0 aromatic heterocycles. The van der Waals surface area contributed by atoms with Gasteiger partial charge in [-0.2, -0.15) is 0 Å². The number of hydrogen-bond donors (Lipinski definition) is 11. The van der Waals surface area contributed by atoms with Gasteiger partial charge in [0.05, 0.1) is 30.8 Å². The quantitative estimate of drug-likeness (QED) is 0.111. The summed E-state index contributed by atoms with van der Waals surface area (Å²) in [6, 6.07) is 7.95. The highest BCUT2D eigenvalue weighted by Crippen LogP contribution is 2.42. The van der Waals surface area contributed by atoms with Crippen LogP contribution in [0.3, 0.4) is 0 Å². The molecule has 0 amide bonds. The van der Waals surface area contributed by atoms with Crippen LogP contribution < -0.4 is 0 Å². The first-order valence-electron chi connectivity index (χ1n) is 12.9. The van der Waals surface area contributed by atoms with E-state index < -0.39 is 115 Å². The van der Waals surface area contributed by atoms with Crippen LogP contribution >= 0.6 is 0 Å². The van der Waals surface area contributed by atoms with E-state index in [0.29, 0.717) is 0 Å². The summed E-state index contributed by atoms with van der Waals surface area (Å²) < 4.78 is 11.0. The Kier molecular flexibility index (Phi) is 9.63. The Balaban J connectivity index is 1.83. The van der Waals surface area contributed by atoms with Crippen molar-refractivity contribution in [3.8, 4) is 0 Å². The van der Waals surface area contributed by atoms with E-state index in [4.69, 9.17) is 9.47 Å². The summed E-state index contributed by atoms with van der Waals surface area (Å²) in [4.78, 5) is 12.7. The number of allylic oxidation sites excluding steroid dienone is 1. The first-order chi connectivity index (χ1) is 19.4. The second-order valence-electron chi connectivity index (χ2n) is 10.2. The van der Waals surface area contributed by atoms with Crippen LogP contribution in [0.4, 0.5) is 0 Å². The average molecular weight is 583 g/mol. The molecule has 1 aromatic rings. The Morgan fingerprint density at radius 3 is 1.78 bits per heavy atom. The van der Waals surface area contributed by atoms with Gasteiger partial charge >= 0.3 is 0 Å². The van der Waals surface area contributed by atoms with Gasteiger partial charge in [0.2, 0.25) is 0 Å². The molecule has 1 aromatic carbocycles. The standard InChI is InChI=1S/C27H34O14/c28-8-13-19(33)22(36)24(38)26(40-13)15-17(31)11(6-7-12(30)10-4-2-1-3-5-10)18(32)16(21(15)35)27-25(39)23(37)20(34)14(9-29)41-27/h1-7,11,13-14,17,19-20,22-29,31-39H,8-9H2/b7-6+/t11?,13-,14-,17?,19-,20-,22+,23+,24-,25-,26?,27?/m1/s1. The van der Waals surface area contributed by atoms with Gasteiger partial charge in [0.1, 0.15) is 72.6 Å². The number of carbonyl (C=O) groups excluding carboxylic acids is 1. The van der Waals surface area contributed by atoms with Gasteiger partial charge < -0.3 is 65.6 Å². The smallest absolute Gasteiger partial charge is 0.185 e. The Morgan fingerprint density at radius 1 is 0.732 bits per heavy atom. The first-order valence-corrected chi connectivity index (χ1v) is 12.9. The predicted octanol–water partition coefficient (Wildman–Crippen LogP) is -3.27. The number of hydrogen-bond acceptors (Lipinski definition) is 14. The fourth-order valence-electron chi connectivity index (χ4n) is 5.31. The third-order valence-electron chi connectivity index (χ3n) is 7.67. The molecule has 11 N–H and O–H groups in total. The molecule has 14 heteroatoms. The van der Waals surface area contributed by atoms with E-state index in [-0.39, 0.29) is 5.56 Å². The van der Waals surface area contributed by atoms with E-state index >= 15 is 0 Å². The summed E-state index contributed by atoms with van der Waals surface area (Å²) >= 11 is 0. The zero-order valence-electron chi connectivity index (χ0n) is 21.5. The largest absolute Gasteiger partial charge is 0.511 e. The minimum atomic E-state index is -1.99. The van der Waals surface area contributed by atoms with Crippen molar-refractivity contribution in [1.29, 1.82) is 0 Å². The van der Waals surface area contributed by atoms with Crippen LogP contribution in [-0.4, -0.2) is 142 Å². The van der Waals surface area contributed by atoms with Crippen LogP contribution in [-0.2, 0) is 9.47 Å². The lowest BCUT2D eigenvalue weighted by molar-refractivity contribution is -0.225. The molecule has 2 saturated heterocycles. The zero-order chi connectivity index (χ0) is 30.2. The van der Waals surface area contributed by atoms with Crippen molar-refractivity contribution >= 4 is 5.78 Å². The Hall–Kier alpha value is -2.73. The number of carbonyl (C=O) groups is 1. The van der Waals surface area contributed by atoms with Crippen LogP contribution in [0.1, 0.15) is 10.4 Å². The van der Waals surface area contributed by atoms with E-state index in [1.807, 2.05) is 0 Å². The van der Waals surface area contributed by atoms with Gasteiger partial charge in [-0.25, -0.2) is 0 Å². The Morgan fingerprint density at radius 2 is 1.24 bits per heavy atom.